The fourth-order valence-electron chi connectivity index (χ4n) is 3.05. The fraction of sp³-hybridized carbons (Fsp3) is 0.350. The van der Waals surface area contributed by atoms with Gasteiger partial charge in [-0.3, -0.25) is 4.79 Å². The minimum Gasteiger partial charge on any atom is -0.447 e. The summed E-state index contributed by atoms with van der Waals surface area (Å²) in [5.74, 6) is 1.33. The van der Waals surface area contributed by atoms with Gasteiger partial charge in [0.05, 0.1) is 0 Å². The Morgan fingerprint density at radius 2 is 1.88 bits per heavy atom. The van der Waals surface area contributed by atoms with Gasteiger partial charge in [0.1, 0.15) is 0 Å². The molecule has 2 aromatic rings. The number of carbonyl (C=O) groups is 1. The Balaban J connectivity index is 1.78. The van der Waals surface area contributed by atoms with Crippen molar-refractivity contribution < 1.29 is 14.3 Å². The molecule has 4 heteroatoms. The van der Waals surface area contributed by atoms with Crippen LogP contribution in [0.25, 0.3) is 0 Å². The molecular formula is C20H23NO3. The number of hydrogen-bond donors (Lipinski definition) is 1. The number of unbranched alkanes of at least 4 members (excludes halogenated alkanes) is 1. The Labute approximate surface area is 142 Å². The second kappa shape index (κ2) is 7.39. The molecule has 2 aromatic carbocycles. The topological polar surface area (TPSA) is 61.6 Å². The van der Waals surface area contributed by atoms with E-state index in [0.717, 1.165) is 41.9 Å². The van der Waals surface area contributed by atoms with E-state index >= 15 is 0 Å². The molecule has 3 rings (SSSR count). The lowest BCUT2D eigenvalue weighted by atomic mass is 9.90. The molecule has 0 radical (unpaired) electrons. The maximum absolute atomic E-state index is 11.4. The first-order valence-electron chi connectivity index (χ1n) is 8.48. The third kappa shape index (κ3) is 3.70. The summed E-state index contributed by atoms with van der Waals surface area (Å²) < 4.78 is 11.8. The molecule has 0 fully saturated rings. The zero-order valence-electron chi connectivity index (χ0n) is 13.9. The molecule has 0 aromatic heterocycles. The number of ether oxygens (including phenoxy) is 2. The fourth-order valence-corrected chi connectivity index (χ4v) is 3.05. The Morgan fingerprint density at radius 1 is 1.12 bits per heavy atom. The van der Waals surface area contributed by atoms with E-state index in [-0.39, 0.29) is 11.8 Å². The lowest BCUT2D eigenvalue weighted by molar-refractivity contribution is -0.118. The monoisotopic (exact) mass is 325 g/mol. The predicted octanol–water partition coefficient (Wildman–Crippen LogP) is 4.31. The van der Waals surface area contributed by atoms with Crippen LogP contribution >= 0.6 is 0 Å². The van der Waals surface area contributed by atoms with Crippen molar-refractivity contribution >= 4 is 5.91 Å². The number of fused-ring (bicyclic) bond motifs is 1. The van der Waals surface area contributed by atoms with Gasteiger partial charge in [-0.1, -0.05) is 56.2 Å². The van der Waals surface area contributed by atoms with Gasteiger partial charge in [-0.25, -0.2) is 0 Å². The molecule has 0 saturated heterocycles. The highest BCUT2D eigenvalue weighted by Gasteiger charge is 2.27. The number of benzene rings is 2. The summed E-state index contributed by atoms with van der Waals surface area (Å²) in [6.45, 7) is 2.14. The van der Waals surface area contributed by atoms with Crippen LogP contribution in [0, 0.1) is 0 Å². The summed E-state index contributed by atoms with van der Waals surface area (Å²) in [5.41, 5.74) is 7.48. The van der Waals surface area contributed by atoms with E-state index < -0.39 is 6.29 Å². The number of amides is 1. The van der Waals surface area contributed by atoms with Gasteiger partial charge in [-0.05, 0) is 30.0 Å². The highest BCUT2D eigenvalue weighted by molar-refractivity contribution is 5.74. The van der Waals surface area contributed by atoms with Crippen molar-refractivity contribution in [1.29, 1.82) is 0 Å². The van der Waals surface area contributed by atoms with E-state index in [0.29, 0.717) is 6.42 Å². The van der Waals surface area contributed by atoms with Crippen LogP contribution in [-0.4, -0.2) is 5.91 Å². The van der Waals surface area contributed by atoms with Crippen LogP contribution in [-0.2, 0) is 4.79 Å². The van der Waals surface area contributed by atoms with Gasteiger partial charge in [-0.2, -0.15) is 0 Å². The van der Waals surface area contributed by atoms with Crippen molar-refractivity contribution in [3.63, 3.8) is 0 Å². The Bertz CT molecular complexity index is 699. The van der Waals surface area contributed by atoms with E-state index in [2.05, 4.69) is 6.92 Å². The molecule has 2 N–H and O–H groups in total. The third-order valence-electron chi connectivity index (χ3n) is 4.33. The average Bonchev–Trinajstić information content (AvgIpc) is 3.02. The summed E-state index contributed by atoms with van der Waals surface area (Å²) in [4.78, 5) is 11.4. The minimum absolute atomic E-state index is 0.132. The molecule has 1 aliphatic rings. The highest BCUT2D eigenvalue weighted by Crippen LogP contribution is 2.42. The summed E-state index contributed by atoms with van der Waals surface area (Å²) in [5, 5.41) is 0. The molecule has 126 valence electrons. The number of rotatable bonds is 7. The summed E-state index contributed by atoms with van der Waals surface area (Å²) in [7, 11) is 0. The Hall–Kier alpha value is -2.49. The third-order valence-corrected chi connectivity index (χ3v) is 4.33. The molecular weight excluding hydrogens is 302 g/mol. The molecule has 24 heavy (non-hydrogen) atoms. The zero-order valence-corrected chi connectivity index (χ0v) is 13.9. The maximum Gasteiger partial charge on any atom is 0.267 e. The first-order valence-corrected chi connectivity index (χ1v) is 8.48. The van der Waals surface area contributed by atoms with E-state index in [1.165, 1.54) is 0 Å². The first kappa shape index (κ1) is 16.4. The molecule has 2 atom stereocenters. The van der Waals surface area contributed by atoms with Crippen molar-refractivity contribution in [1.82, 2.24) is 0 Å². The van der Waals surface area contributed by atoms with Crippen molar-refractivity contribution in [2.45, 2.75) is 44.8 Å². The molecule has 0 saturated carbocycles. The molecule has 0 bridgehead atoms. The lowest BCUT2D eigenvalue weighted by Crippen LogP contribution is -2.15. The molecule has 0 aliphatic carbocycles. The van der Waals surface area contributed by atoms with Gasteiger partial charge in [0.2, 0.25) is 5.91 Å². The van der Waals surface area contributed by atoms with Crippen LogP contribution in [0.5, 0.6) is 11.5 Å². The Morgan fingerprint density at radius 3 is 2.58 bits per heavy atom. The smallest absolute Gasteiger partial charge is 0.267 e. The van der Waals surface area contributed by atoms with Gasteiger partial charge in [0.25, 0.3) is 6.29 Å². The van der Waals surface area contributed by atoms with Crippen LogP contribution in [0.4, 0.5) is 0 Å². The van der Waals surface area contributed by atoms with E-state index in [4.69, 9.17) is 15.2 Å². The van der Waals surface area contributed by atoms with Crippen molar-refractivity contribution in [3.05, 3.63) is 59.7 Å². The van der Waals surface area contributed by atoms with Crippen LogP contribution in [0.15, 0.2) is 48.5 Å². The summed E-state index contributed by atoms with van der Waals surface area (Å²) in [6.07, 6.45) is 3.06. The van der Waals surface area contributed by atoms with Gasteiger partial charge in [-0.15, -0.1) is 0 Å². The average molecular weight is 325 g/mol. The van der Waals surface area contributed by atoms with Crippen LogP contribution in [0.3, 0.4) is 0 Å². The van der Waals surface area contributed by atoms with E-state index in [1.807, 2.05) is 48.5 Å². The van der Waals surface area contributed by atoms with Gasteiger partial charge < -0.3 is 15.2 Å². The largest absolute Gasteiger partial charge is 0.447 e. The predicted molar refractivity (Wildman–Crippen MR) is 93.0 cm³/mol. The van der Waals surface area contributed by atoms with Crippen LogP contribution in [0.1, 0.15) is 55.9 Å². The maximum atomic E-state index is 11.4. The summed E-state index contributed by atoms with van der Waals surface area (Å²) in [6, 6.07) is 15.8. The normalized spacial score (nSPS) is 16.8. The molecule has 1 aliphatic heterocycles. The number of nitrogens with two attached hydrogens (primary N) is 1. The second-order valence-corrected chi connectivity index (χ2v) is 6.19. The van der Waals surface area contributed by atoms with E-state index in [9.17, 15) is 4.79 Å². The molecule has 0 spiro atoms. The van der Waals surface area contributed by atoms with Crippen LogP contribution in [0.2, 0.25) is 0 Å². The highest BCUT2D eigenvalue weighted by atomic mass is 16.7. The molecule has 1 heterocycles. The van der Waals surface area contributed by atoms with E-state index in [1.54, 1.807) is 0 Å². The van der Waals surface area contributed by atoms with Crippen LogP contribution < -0.4 is 15.2 Å². The standard InChI is InChI=1S/C20H23NO3/c1-2-3-7-15(13-19(21)22)16-10-11-17-18(12-16)24-20(23-17)14-8-5-4-6-9-14/h4-6,8-12,15,20H,2-3,7,13H2,1H3,(H2,21,22). The molecule has 4 nitrogen and oxygen atoms in total. The quantitative estimate of drug-likeness (QED) is 0.825. The lowest BCUT2D eigenvalue weighted by Gasteiger charge is -2.15. The SMILES string of the molecule is CCCCC(CC(N)=O)c1ccc2c(c1)OC(c1ccccc1)O2. The second-order valence-electron chi connectivity index (χ2n) is 6.19. The Kier molecular flexibility index (Phi) is 5.04. The zero-order chi connectivity index (χ0) is 16.9. The van der Waals surface area contributed by atoms with Gasteiger partial charge in [0.15, 0.2) is 11.5 Å². The molecule has 2 unspecified atom stereocenters. The van der Waals surface area contributed by atoms with Crippen molar-refractivity contribution in [3.8, 4) is 11.5 Å². The van der Waals surface area contributed by atoms with Gasteiger partial charge >= 0.3 is 0 Å². The van der Waals surface area contributed by atoms with Crippen molar-refractivity contribution in [2.24, 2.45) is 5.73 Å². The summed E-state index contributed by atoms with van der Waals surface area (Å²) >= 11 is 0. The number of primary amides is 1. The first-order chi connectivity index (χ1) is 11.7. The minimum atomic E-state index is -0.415. The molecule has 1 amide bonds. The van der Waals surface area contributed by atoms with Crippen molar-refractivity contribution in [2.75, 3.05) is 0 Å². The number of carbonyl (C=O) groups excluding carboxylic acids is 1. The van der Waals surface area contributed by atoms with Gasteiger partial charge in [0, 0.05) is 12.0 Å². The number of hydrogen-bond acceptors (Lipinski definition) is 3.